The quantitative estimate of drug-likeness (QED) is 0.109. The van der Waals surface area contributed by atoms with Crippen LogP contribution in [-0.4, -0.2) is 149 Å². The zero-order valence-corrected chi connectivity index (χ0v) is 29.6. The van der Waals surface area contributed by atoms with Crippen LogP contribution in [0.25, 0.3) is 0 Å². The molecule has 3 saturated heterocycles. The van der Waals surface area contributed by atoms with Crippen molar-refractivity contribution >= 4 is 12.1 Å². The van der Waals surface area contributed by atoms with Crippen molar-refractivity contribution in [3.63, 3.8) is 0 Å². The van der Waals surface area contributed by atoms with Gasteiger partial charge in [0.15, 0.2) is 24.3 Å². The molecule has 0 saturated carbocycles. The van der Waals surface area contributed by atoms with Gasteiger partial charge in [-0.05, 0) is 53.9 Å². The number of alkyl carbamates (subject to hydrolysis) is 1. The molecule has 0 radical (unpaired) electrons. The van der Waals surface area contributed by atoms with Crippen molar-refractivity contribution in [2.75, 3.05) is 13.2 Å². The summed E-state index contributed by atoms with van der Waals surface area (Å²) in [5, 5.41) is 96.4. The lowest BCUT2D eigenvalue weighted by molar-refractivity contribution is -0.301. The third kappa shape index (κ3) is 8.14. The van der Waals surface area contributed by atoms with Gasteiger partial charge < -0.3 is 79.7 Å². The van der Waals surface area contributed by atoms with Crippen LogP contribution in [-0.2, 0) is 39.8 Å². The fourth-order valence-electron chi connectivity index (χ4n) is 7.24. The second-order valence-electron chi connectivity index (χ2n) is 15.0. The van der Waals surface area contributed by atoms with Gasteiger partial charge >= 0.3 is 12.1 Å². The van der Waals surface area contributed by atoms with Crippen LogP contribution >= 0.6 is 0 Å². The number of aliphatic hydroxyl groups excluding tert-OH is 6. The van der Waals surface area contributed by atoms with E-state index in [0.717, 1.165) is 0 Å². The number of fused-ring (bicyclic) bond motifs is 5. The predicted octanol–water partition coefficient (Wildman–Crippen LogP) is -0.906. The molecule has 1 amide bonds. The number of unbranched alkanes of at least 4 members (excludes halogenated alkanes) is 1. The number of hydrogen-bond acceptors (Lipinski definition) is 16. The van der Waals surface area contributed by atoms with Crippen LogP contribution < -0.4 is 5.32 Å². The van der Waals surface area contributed by atoms with E-state index in [-0.39, 0.29) is 55.5 Å². The maximum Gasteiger partial charge on any atom is 0.408 e. The molecule has 52 heavy (non-hydrogen) atoms. The number of aromatic nitrogens is 1. The Hall–Kier alpha value is -2.82. The number of nitrogens with zero attached hydrogens (tertiary/aromatic N) is 1. The number of aliphatic hydroxyl groups is 6. The van der Waals surface area contributed by atoms with E-state index in [9.17, 15) is 55.5 Å². The molecule has 1 aromatic heterocycles. The van der Waals surface area contributed by atoms with Crippen LogP contribution in [0.4, 0.5) is 4.79 Å². The molecule has 19 heteroatoms. The lowest BCUT2D eigenvalue weighted by Crippen LogP contribution is -2.58. The normalized spacial score (nSPS) is 37.8. The Balaban J connectivity index is 1.30. The van der Waals surface area contributed by atoms with Gasteiger partial charge in [-0.2, -0.15) is 0 Å². The Morgan fingerprint density at radius 3 is 1.63 bits per heavy atom. The minimum Gasteiger partial charge on any atom is -0.494 e. The largest absolute Gasteiger partial charge is 0.494 e. The highest BCUT2D eigenvalue weighted by Gasteiger charge is 2.58. The average molecular weight is 749 g/mol. The van der Waals surface area contributed by atoms with E-state index in [1.165, 1.54) is 18.4 Å². The highest BCUT2D eigenvalue weighted by molar-refractivity contribution is 5.79. The van der Waals surface area contributed by atoms with E-state index in [2.05, 4.69) is 5.32 Å². The number of aliphatic carboxylic acids is 1. The van der Waals surface area contributed by atoms with Crippen LogP contribution in [0.5, 0.6) is 11.8 Å². The number of carbonyl (C=O) groups excluding carboxylic acids is 1. The summed E-state index contributed by atoms with van der Waals surface area (Å²) in [6.45, 7) is 7.68. The number of amides is 1. The van der Waals surface area contributed by atoms with Crippen molar-refractivity contribution in [3.8, 4) is 11.8 Å². The van der Waals surface area contributed by atoms with Gasteiger partial charge in [0, 0.05) is 18.4 Å². The molecule has 0 aromatic carbocycles. The van der Waals surface area contributed by atoms with Gasteiger partial charge in [-0.3, -0.25) is 4.57 Å². The summed E-state index contributed by atoms with van der Waals surface area (Å²) in [4.78, 5) is 23.9. The van der Waals surface area contributed by atoms with Gasteiger partial charge in [0.25, 0.3) is 0 Å². The third-order valence-electron chi connectivity index (χ3n) is 10.1. The molecule has 3 fully saturated rings. The molecule has 5 heterocycles. The van der Waals surface area contributed by atoms with Crippen LogP contribution in [0.3, 0.4) is 0 Å². The zero-order valence-electron chi connectivity index (χ0n) is 29.6. The number of carboxylic acids is 1. The van der Waals surface area contributed by atoms with Crippen LogP contribution in [0.2, 0.25) is 0 Å². The predicted molar refractivity (Wildman–Crippen MR) is 173 cm³/mol. The summed E-state index contributed by atoms with van der Waals surface area (Å²) in [5.41, 5.74) is -0.239. The monoisotopic (exact) mass is 748 g/mol. The van der Waals surface area contributed by atoms with E-state index >= 15 is 0 Å². The summed E-state index contributed by atoms with van der Waals surface area (Å²) in [6, 6.07) is -1.23. The molecule has 10 N–H and O–H groups in total. The van der Waals surface area contributed by atoms with E-state index in [4.69, 9.17) is 28.4 Å². The van der Waals surface area contributed by atoms with Gasteiger partial charge in [-0.15, -0.1) is 0 Å². The molecule has 15 unspecified atom stereocenters. The number of carbonyl (C=O) groups is 2. The van der Waals surface area contributed by atoms with Gasteiger partial charge in [0.2, 0.25) is 0 Å². The topological polar surface area (TPSA) is 289 Å². The van der Waals surface area contributed by atoms with Gasteiger partial charge in [-0.25, -0.2) is 9.59 Å². The minimum absolute atomic E-state index is 0.0448. The summed E-state index contributed by atoms with van der Waals surface area (Å²) in [5.74, 6) is -3.08. The van der Waals surface area contributed by atoms with E-state index in [1.807, 2.05) is 0 Å². The van der Waals surface area contributed by atoms with Crippen LogP contribution in [0.1, 0.15) is 77.2 Å². The molecule has 0 aliphatic carbocycles. The van der Waals surface area contributed by atoms with Crippen molar-refractivity contribution in [1.82, 2.24) is 9.88 Å². The molecule has 2 bridgehead atoms. The van der Waals surface area contributed by atoms with Crippen molar-refractivity contribution in [2.24, 2.45) is 11.8 Å². The number of aromatic hydroxyl groups is 2. The second-order valence-corrected chi connectivity index (χ2v) is 15.0. The fraction of sp³-hybridized carbons (Fsp3) is 0.818. The first kappa shape index (κ1) is 40.4. The lowest BCUT2D eigenvalue weighted by Gasteiger charge is -2.40. The molecule has 15 atom stereocenters. The number of ether oxygens (including phenoxy) is 6. The Morgan fingerprint density at radius 1 is 0.750 bits per heavy atom. The summed E-state index contributed by atoms with van der Waals surface area (Å²) >= 11 is 0. The van der Waals surface area contributed by atoms with Crippen molar-refractivity contribution in [2.45, 2.75) is 146 Å². The second kappa shape index (κ2) is 15.9. The van der Waals surface area contributed by atoms with Gasteiger partial charge in [0.05, 0.1) is 48.8 Å². The van der Waals surface area contributed by atoms with E-state index in [1.54, 1.807) is 20.8 Å². The maximum absolute atomic E-state index is 12.1. The van der Waals surface area contributed by atoms with Gasteiger partial charge in [-0.1, -0.05) is 0 Å². The zero-order chi connectivity index (χ0) is 38.4. The number of hydrogen-bond donors (Lipinski definition) is 10. The first-order valence-electron chi connectivity index (χ1n) is 17.5. The summed E-state index contributed by atoms with van der Waals surface area (Å²) < 4.78 is 35.6. The van der Waals surface area contributed by atoms with E-state index in [0.29, 0.717) is 6.42 Å². The SMILES string of the molecule is CC1OC(OCC2C3OC(c4c3c(O)n(CCCCC(NC(=O)OC(C)(C)C)C(=O)O)c4O)C2COC2OC(C)C(O)C(O)C2O)C(O)C(O)C1O. The number of rotatable bonds is 13. The molecule has 0 spiro atoms. The smallest absolute Gasteiger partial charge is 0.408 e. The van der Waals surface area contributed by atoms with Crippen LogP contribution in [0.15, 0.2) is 0 Å². The molecule has 1 aromatic rings. The molecule has 296 valence electrons. The molecule has 19 nitrogen and oxygen atoms in total. The van der Waals surface area contributed by atoms with Crippen LogP contribution in [0, 0.1) is 11.8 Å². The Bertz CT molecular complexity index is 1340. The summed E-state index contributed by atoms with van der Waals surface area (Å²) in [6.07, 6.45) is -15.3. The molecule has 4 aliphatic rings. The highest BCUT2D eigenvalue weighted by Crippen LogP contribution is 2.63. The van der Waals surface area contributed by atoms with E-state index < -0.39 is 109 Å². The average Bonchev–Trinajstić information content (AvgIpc) is 3.70. The lowest BCUT2D eigenvalue weighted by atomic mass is 9.77. The molecular weight excluding hydrogens is 696 g/mol. The Labute approximate surface area is 299 Å². The first-order chi connectivity index (χ1) is 24.3. The van der Waals surface area contributed by atoms with Crippen molar-refractivity contribution < 1.29 is 84.0 Å². The molecule has 5 rings (SSSR count). The Kier molecular flexibility index (Phi) is 12.3. The highest BCUT2D eigenvalue weighted by atomic mass is 16.7. The fourth-order valence-corrected chi connectivity index (χ4v) is 7.24. The molecule has 4 aliphatic heterocycles. The number of nitrogens with one attached hydrogen (secondary N) is 1. The Morgan fingerprint density at radius 2 is 1.21 bits per heavy atom. The number of carboxylic acid groups (broad SMARTS) is 1. The van der Waals surface area contributed by atoms with Gasteiger partial charge in [0.1, 0.15) is 48.3 Å². The first-order valence-corrected chi connectivity index (χ1v) is 17.5. The van der Waals surface area contributed by atoms with Crippen molar-refractivity contribution in [1.29, 1.82) is 0 Å². The third-order valence-corrected chi connectivity index (χ3v) is 10.1. The minimum atomic E-state index is -1.59. The maximum atomic E-state index is 12.1. The standard InChI is InChI=1S/C33H52N2O17/c1-12-19(36)21(38)23(40)30(49-12)47-10-14-15(11-48-31-24(41)22(39)20(37)13(2)50-31)26-18-17(25(14)51-26)27(42)35(28(18)43)9-7-6-8-16(29(44)45)34-32(46)52-33(3,4)5/h12-16,19-26,30-31,36-43H,6-11H2,1-5H3,(H,34,46)(H,44,45). The molecular formula is C33H52N2O17. The van der Waals surface area contributed by atoms with Crippen molar-refractivity contribution in [3.05, 3.63) is 11.1 Å². The summed E-state index contributed by atoms with van der Waals surface area (Å²) in [7, 11) is 0.